The molecule has 2 rings (SSSR count). The molecule has 0 bridgehead atoms. The van der Waals surface area contributed by atoms with Crippen molar-refractivity contribution in [2.75, 3.05) is 6.26 Å². The zero-order valence-corrected chi connectivity index (χ0v) is 9.27. The summed E-state index contributed by atoms with van der Waals surface area (Å²) >= 11 is 1.37. The van der Waals surface area contributed by atoms with Crippen LogP contribution in [0.15, 0.2) is 33.7 Å². The van der Waals surface area contributed by atoms with E-state index in [1.807, 2.05) is 19.2 Å². The fourth-order valence-electron chi connectivity index (χ4n) is 1.31. The molecule has 0 aliphatic carbocycles. The molecule has 1 aromatic carbocycles. The highest BCUT2D eigenvalue weighted by molar-refractivity contribution is 7.98. The number of hydrogen-bond donors (Lipinski definition) is 0. The molecule has 0 saturated carbocycles. The highest BCUT2D eigenvalue weighted by Gasteiger charge is 2.07. The Hall–Kier alpha value is -1.29. The summed E-state index contributed by atoms with van der Waals surface area (Å²) in [6, 6.07) is 6.73. The normalized spacial score (nSPS) is 10.6. The third kappa shape index (κ3) is 2.04. The van der Waals surface area contributed by atoms with Crippen LogP contribution >= 0.6 is 11.8 Å². The van der Waals surface area contributed by atoms with Crippen molar-refractivity contribution in [2.24, 2.45) is 0 Å². The van der Waals surface area contributed by atoms with Crippen molar-refractivity contribution < 1.29 is 8.91 Å². The topological polar surface area (TPSA) is 26.0 Å². The van der Waals surface area contributed by atoms with E-state index >= 15 is 0 Å². The van der Waals surface area contributed by atoms with Crippen molar-refractivity contribution in [1.29, 1.82) is 0 Å². The first-order valence-electron chi connectivity index (χ1n) is 4.48. The molecule has 0 amide bonds. The summed E-state index contributed by atoms with van der Waals surface area (Å²) < 4.78 is 18.3. The van der Waals surface area contributed by atoms with Crippen LogP contribution in [-0.2, 0) is 0 Å². The number of aromatic nitrogens is 1. The van der Waals surface area contributed by atoms with Crippen molar-refractivity contribution in [3.8, 4) is 11.3 Å². The number of nitrogens with zero attached hydrogens (tertiary/aromatic N) is 1. The Bertz CT molecular complexity index is 481. The van der Waals surface area contributed by atoms with E-state index in [1.165, 1.54) is 17.8 Å². The number of rotatable bonds is 2. The van der Waals surface area contributed by atoms with Crippen LogP contribution in [0.1, 0.15) is 5.69 Å². The summed E-state index contributed by atoms with van der Waals surface area (Å²) in [6.45, 7) is 1.85. The van der Waals surface area contributed by atoms with Gasteiger partial charge in [-0.25, -0.2) is 4.39 Å². The maximum atomic E-state index is 13.2. The van der Waals surface area contributed by atoms with Gasteiger partial charge in [-0.3, -0.25) is 0 Å². The largest absolute Gasteiger partial charge is 0.356 e. The van der Waals surface area contributed by atoms with Gasteiger partial charge in [-0.1, -0.05) is 5.16 Å². The summed E-state index contributed by atoms with van der Waals surface area (Å²) in [6.07, 6.45) is 1.84. The molecule has 0 saturated heterocycles. The summed E-state index contributed by atoms with van der Waals surface area (Å²) in [5.41, 5.74) is 1.67. The van der Waals surface area contributed by atoms with Crippen LogP contribution in [0, 0.1) is 12.7 Å². The lowest BCUT2D eigenvalue weighted by Crippen LogP contribution is -1.81. The van der Waals surface area contributed by atoms with Gasteiger partial charge in [0.25, 0.3) is 0 Å². The molecule has 2 nitrogen and oxygen atoms in total. The lowest BCUT2D eigenvalue weighted by atomic mass is 10.1. The highest BCUT2D eigenvalue weighted by atomic mass is 32.2. The maximum absolute atomic E-state index is 13.2. The first-order valence-corrected chi connectivity index (χ1v) is 5.70. The van der Waals surface area contributed by atoms with Crippen LogP contribution in [-0.4, -0.2) is 11.4 Å². The first kappa shape index (κ1) is 10.2. The average molecular weight is 223 g/mol. The fraction of sp³-hybridized carbons (Fsp3) is 0.182. The predicted molar refractivity (Wildman–Crippen MR) is 58.4 cm³/mol. The number of thioether (sulfide) groups is 1. The molecule has 78 valence electrons. The molecule has 0 spiro atoms. The molecule has 0 radical (unpaired) electrons. The van der Waals surface area contributed by atoms with Gasteiger partial charge in [0.05, 0.1) is 5.69 Å². The summed E-state index contributed by atoms with van der Waals surface area (Å²) in [5.74, 6) is 0.463. The van der Waals surface area contributed by atoms with Crippen LogP contribution < -0.4 is 0 Å². The van der Waals surface area contributed by atoms with E-state index in [9.17, 15) is 4.39 Å². The summed E-state index contributed by atoms with van der Waals surface area (Å²) in [7, 11) is 0. The Balaban J connectivity index is 2.45. The van der Waals surface area contributed by atoms with Crippen LogP contribution in [0.25, 0.3) is 11.3 Å². The second-order valence-electron chi connectivity index (χ2n) is 3.18. The van der Waals surface area contributed by atoms with E-state index in [2.05, 4.69) is 5.16 Å². The van der Waals surface area contributed by atoms with Crippen LogP contribution in [0.2, 0.25) is 0 Å². The quantitative estimate of drug-likeness (QED) is 0.729. The average Bonchev–Trinajstić information content (AvgIpc) is 2.66. The highest BCUT2D eigenvalue weighted by Crippen LogP contribution is 2.27. The van der Waals surface area contributed by atoms with Gasteiger partial charge in [-0.2, -0.15) is 0 Å². The van der Waals surface area contributed by atoms with E-state index in [-0.39, 0.29) is 5.82 Å². The fourth-order valence-corrected chi connectivity index (χ4v) is 1.82. The molecule has 0 fully saturated rings. The minimum Gasteiger partial charge on any atom is -0.356 e. The van der Waals surface area contributed by atoms with Gasteiger partial charge in [0.2, 0.25) is 0 Å². The lowest BCUT2D eigenvalue weighted by Gasteiger charge is -2.00. The summed E-state index contributed by atoms with van der Waals surface area (Å²) in [4.78, 5) is 0.613. The molecule has 4 heteroatoms. The Kier molecular flexibility index (Phi) is 2.77. The van der Waals surface area contributed by atoms with E-state index in [0.717, 1.165) is 11.3 Å². The molecular formula is C11H10FNOS. The van der Waals surface area contributed by atoms with E-state index in [4.69, 9.17) is 4.52 Å². The second kappa shape index (κ2) is 4.06. The molecule has 0 aliphatic rings. The van der Waals surface area contributed by atoms with Crippen LogP contribution in [0.3, 0.4) is 0 Å². The number of hydrogen-bond acceptors (Lipinski definition) is 3. The zero-order chi connectivity index (χ0) is 10.8. The lowest BCUT2D eigenvalue weighted by molar-refractivity contribution is 0.427. The van der Waals surface area contributed by atoms with Crippen LogP contribution in [0.4, 0.5) is 4.39 Å². The SMILES string of the molecule is CSc1cc(-c2cc(C)no2)ccc1F. The molecule has 0 N–H and O–H groups in total. The molecule has 0 aliphatic heterocycles. The minimum absolute atomic E-state index is 0.206. The monoisotopic (exact) mass is 223 g/mol. The molecular weight excluding hydrogens is 213 g/mol. The third-order valence-electron chi connectivity index (χ3n) is 2.06. The minimum atomic E-state index is -0.206. The van der Waals surface area contributed by atoms with Gasteiger partial charge in [-0.15, -0.1) is 11.8 Å². The van der Waals surface area contributed by atoms with Gasteiger partial charge >= 0.3 is 0 Å². The van der Waals surface area contributed by atoms with Gasteiger partial charge < -0.3 is 4.52 Å². The van der Waals surface area contributed by atoms with E-state index < -0.39 is 0 Å². The molecule has 2 aromatic rings. The Morgan fingerprint density at radius 3 is 2.73 bits per heavy atom. The smallest absolute Gasteiger partial charge is 0.167 e. The molecule has 15 heavy (non-hydrogen) atoms. The second-order valence-corrected chi connectivity index (χ2v) is 4.03. The van der Waals surface area contributed by atoms with Crippen molar-refractivity contribution in [1.82, 2.24) is 5.16 Å². The number of halogens is 1. The van der Waals surface area contributed by atoms with Gasteiger partial charge in [0, 0.05) is 16.5 Å². The van der Waals surface area contributed by atoms with Crippen molar-refractivity contribution in [3.05, 3.63) is 35.8 Å². The van der Waals surface area contributed by atoms with Crippen molar-refractivity contribution >= 4 is 11.8 Å². The van der Waals surface area contributed by atoms with Gasteiger partial charge in [0.1, 0.15) is 5.82 Å². The Labute approximate surface area is 91.5 Å². The van der Waals surface area contributed by atoms with Crippen molar-refractivity contribution in [3.63, 3.8) is 0 Å². The molecule has 1 aromatic heterocycles. The summed E-state index contributed by atoms with van der Waals surface area (Å²) in [5, 5.41) is 3.80. The predicted octanol–water partition coefficient (Wildman–Crippen LogP) is 3.51. The standard InChI is InChI=1S/C11H10FNOS/c1-7-5-10(14-13-7)8-3-4-9(12)11(6-8)15-2/h3-6H,1-2H3. The number of benzene rings is 1. The Morgan fingerprint density at radius 2 is 2.13 bits per heavy atom. The van der Waals surface area contributed by atoms with Crippen LogP contribution in [0.5, 0.6) is 0 Å². The zero-order valence-electron chi connectivity index (χ0n) is 8.45. The Morgan fingerprint density at radius 1 is 1.33 bits per heavy atom. The van der Waals surface area contributed by atoms with Gasteiger partial charge in [-0.05, 0) is 31.4 Å². The molecule has 1 heterocycles. The molecule has 0 unspecified atom stereocenters. The van der Waals surface area contributed by atoms with Gasteiger partial charge in [0.15, 0.2) is 5.76 Å². The van der Waals surface area contributed by atoms with E-state index in [0.29, 0.717) is 10.7 Å². The number of aryl methyl sites for hydroxylation is 1. The maximum Gasteiger partial charge on any atom is 0.167 e. The van der Waals surface area contributed by atoms with Crippen molar-refractivity contribution in [2.45, 2.75) is 11.8 Å². The third-order valence-corrected chi connectivity index (χ3v) is 2.82. The van der Waals surface area contributed by atoms with E-state index in [1.54, 1.807) is 12.1 Å². The molecule has 0 atom stereocenters. The first-order chi connectivity index (χ1) is 7.20.